The highest BCUT2D eigenvalue weighted by atomic mass is 16.5. The summed E-state index contributed by atoms with van der Waals surface area (Å²) in [4.78, 5) is 32.8. The van der Waals surface area contributed by atoms with E-state index in [1.54, 1.807) is 22.3 Å². The zero-order chi connectivity index (χ0) is 63.1. The molecule has 4 nitrogen and oxygen atoms in total. The summed E-state index contributed by atoms with van der Waals surface area (Å²) in [5.74, 6) is 6.53. The van der Waals surface area contributed by atoms with Gasteiger partial charge in [0.1, 0.15) is 12.2 Å². The van der Waals surface area contributed by atoms with E-state index in [4.69, 9.17) is 9.47 Å². The molecule has 0 saturated carbocycles. The molecule has 0 N–H and O–H groups in total. The maximum absolute atomic E-state index is 16.4. The van der Waals surface area contributed by atoms with Gasteiger partial charge in [0, 0.05) is 22.0 Å². The van der Waals surface area contributed by atoms with Gasteiger partial charge >= 0.3 is 11.9 Å². The summed E-state index contributed by atoms with van der Waals surface area (Å²) < 4.78 is 16.1. The van der Waals surface area contributed by atoms with E-state index >= 15 is 9.59 Å². The molecule has 0 radical (unpaired) electrons. The minimum absolute atomic E-state index is 0.136. The first-order valence-electron chi connectivity index (χ1n) is 37.2. The van der Waals surface area contributed by atoms with Crippen molar-refractivity contribution in [1.29, 1.82) is 0 Å². The van der Waals surface area contributed by atoms with Crippen molar-refractivity contribution in [2.75, 3.05) is 0 Å². The molecule has 0 aromatic heterocycles. The lowest BCUT2D eigenvalue weighted by molar-refractivity contribution is -0.150. The molecule has 0 saturated heterocycles. The first-order valence-corrected chi connectivity index (χ1v) is 37.2. The van der Waals surface area contributed by atoms with Gasteiger partial charge in [0.05, 0.1) is 23.7 Å². The van der Waals surface area contributed by atoms with E-state index in [9.17, 15) is 0 Å². The van der Waals surface area contributed by atoms with E-state index in [1.807, 2.05) is 0 Å². The Hall–Kier alpha value is -12.4. The number of ether oxygens (including phenoxy) is 2. The smallest absolute Gasteiger partial charge is 0.310 e. The molecule has 4 spiro atoms. The van der Waals surface area contributed by atoms with Gasteiger partial charge in [-0.25, -0.2) is 0 Å². The summed E-state index contributed by atoms with van der Waals surface area (Å²) >= 11 is 0. The van der Waals surface area contributed by atoms with Gasteiger partial charge in [0.25, 0.3) is 0 Å². The van der Waals surface area contributed by atoms with Crippen LogP contribution in [-0.2, 0) is 53.6 Å². The van der Waals surface area contributed by atoms with Gasteiger partial charge in [-0.15, -0.1) is 0 Å². The maximum atomic E-state index is 16.4. The summed E-state index contributed by atoms with van der Waals surface area (Å²) in [7, 11) is 0. The molecule has 20 bridgehead atoms. The van der Waals surface area contributed by atoms with Crippen molar-refractivity contribution in [3.8, 4) is 11.8 Å². The van der Waals surface area contributed by atoms with Crippen LogP contribution in [0.25, 0.3) is 270 Å². The van der Waals surface area contributed by atoms with E-state index in [0.717, 1.165) is 35.1 Å². The Bertz CT molecular complexity index is 8560. The molecule has 2 atom stereocenters. The third kappa shape index (κ3) is 2.99. The van der Waals surface area contributed by atoms with Crippen molar-refractivity contribution in [3.63, 3.8) is 0 Å². The monoisotopic (exact) mass is 1270 g/mol. The number of carbonyl (C=O) groups is 2. The Labute approximate surface area is 567 Å². The van der Waals surface area contributed by atoms with Crippen LogP contribution in [0.2, 0.25) is 0 Å². The minimum Gasteiger partial charge on any atom is -0.456 e. The maximum Gasteiger partial charge on any atom is 0.310 e. The highest BCUT2D eigenvalue weighted by molar-refractivity contribution is 6.77. The molecule has 28 aromatic carbocycles. The number of allylic oxidation sites excluding steroid dienone is 2. The Balaban J connectivity index is 0.873. The standard InChI is InChI=1S/C98H30O4/c99-37-21-29-17-13-27(14-18-29)11-12-28-15-19-30(20-16-28)22-38(100)102-36-24-34(32-9-5-2-6-10-32)26-96-89-73-57-39-40-56-42-44-58(40)74(73)90(96)78-62(44)48-46-60(42)76-80-64(46)50-52-66(48)82(78)94-86-70(52)54-53-67-49-51-65-47-45-59-41(43(57)61(47)77(89)81(65)93(98(36,94)96)85(86)69(51)53)55(39)71-72(56)88(76)95-25-33(31-7-3-1-4-8-31)23-35(101-37)97(95)91(79(63(45)49)75(59)87(71)95)83(67)84(68(50)54)92(80)97/h1-10,13-20,23-24,35-36H,21-22,25-26H2. The second-order valence-electron chi connectivity index (χ2n) is 34.7. The van der Waals surface area contributed by atoms with Crippen LogP contribution in [0.1, 0.15) is 90.7 Å². The summed E-state index contributed by atoms with van der Waals surface area (Å²) in [5, 5.41) is 71.8. The van der Waals surface area contributed by atoms with Crippen LogP contribution in [-0.4, -0.2) is 24.1 Å². The predicted molar refractivity (Wildman–Crippen MR) is 411 cm³/mol. The third-order valence-electron chi connectivity index (χ3n) is 32.9. The summed E-state index contributed by atoms with van der Waals surface area (Å²) in [6.07, 6.45) is 5.59. The summed E-state index contributed by atoms with van der Waals surface area (Å²) in [5.41, 5.74) is 17.6. The van der Waals surface area contributed by atoms with Gasteiger partial charge in [0.15, 0.2) is 0 Å². The fourth-order valence-electron chi connectivity index (χ4n) is 31.6. The SMILES string of the molecule is O=C1Cc2ccc(cc2)C#Cc2ccc(cc2)CC(=O)OC2C=C(c3ccccc3)CC34c5c6c7c3c3c8c9c%10c%11c(c%12c5c5c%13c6c6c%14c%15c%16c%17c%18c%19c%20c%21c%22c%23c%24c(c%15c%15c6c7c6c3c3c8c7c%10c(c%21c7c%23c3c%24c%156)c3c%20c6c%18c(c%17c%14%13)c5c%12c6c%113)C%163CC(c5ccccc5)=CC(O1)C%19%223)C924. The average molecular weight is 1270 g/mol. The van der Waals surface area contributed by atoms with E-state index in [-0.39, 0.29) is 24.8 Å². The van der Waals surface area contributed by atoms with Crippen molar-refractivity contribution < 1.29 is 19.1 Å². The summed E-state index contributed by atoms with van der Waals surface area (Å²) in [6, 6.07) is 39.3. The first-order chi connectivity index (χ1) is 50.5. The van der Waals surface area contributed by atoms with E-state index < -0.39 is 33.9 Å². The van der Waals surface area contributed by atoms with Crippen molar-refractivity contribution in [3.05, 3.63) is 199 Å². The fraction of sp³-hybridized carbons (Fsp3) is 0.102. The lowest BCUT2D eigenvalue weighted by Crippen LogP contribution is -2.61. The molecule has 2 unspecified atom stereocenters. The van der Waals surface area contributed by atoms with Crippen LogP contribution in [0.4, 0.5) is 0 Å². The highest BCUT2D eigenvalue weighted by Crippen LogP contribution is 2.89. The average Bonchev–Trinajstić information content (AvgIpc) is 1.37. The molecule has 6 aliphatic heterocycles. The number of hydrogen-bond donors (Lipinski definition) is 0. The molecule has 4 heteroatoms. The molecule has 0 fully saturated rings. The van der Waals surface area contributed by atoms with Crippen LogP contribution in [0.5, 0.6) is 0 Å². The lowest BCUT2D eigenvalue weighted by atomic mass is 9.43. The van der Waals surface area contributed by atoms with Gasteiger partial charge in [-0.05, 0) is 386 Å². The lowest BCUT2D eigenvalue weighted by Gasteiger charge is -2.59. The Kier molecular flexibility index (Phi) is 4.93. The van der Waals surface area contributed by atoms with Gasteiger partial charge < -0.3 is 9.47 Å². The number of rotatable bonds is 2. The molecule has 0 amide bonds. The molecule has 102 heavy (non-hydrogen) atoms. The number of hydrogen-bond acceptors (Lipinski definition) is 4. The molecule has 10 aliphatic carbocycles. The molecule has 44 rings (SSSR count). The van der Waals surface area contributed by atoms with Crippen LogP contribution in [0.3, 0.4) is 0 Å². The highest BCUT2D eigenvalue weighted by Gasteiger charge is 2.77. The molecule has 446 valence electrons. The minimum atomic E-state index is -0.853. The van der Waals surface area contributed by atoms with Gasteiger partial charge in [0.2, 0.25) is 0 Å². The van der Waals surface area contributed by atoms with E-state index in [0.29, 0.717) is 0 Å². The van der Waals surface area contributed by atoms with Crippen molar-refractivity contribution >= 4 is 282 Å². The first kappa shape index (κ1) is 43.9. The molecular formula is C98H30O4. The van der Waals surface area contributed by atoms with Gasteiger partial charge in [-0.1, -0.05) is 96.8 Å². The second kappa shape index (κ2) is 11.5. The number of carbonyl (C=O) groups excluding carboxylic acids is 2. The van der Waals surface area contributed by atoms with Crippen LogP contribution >= 0.6 is 0 Å². The Morgan fingerprint density at radius 3 is 0.706 bits per heavy atom. The van der Waals surface area contributed by atoms with Crippen molar-refractivity contribution in [2.24, 2.45) is 0 Å². The summed E-state index contributed by atoms with van der Waals surface area (Å²) in [6.45, 7) is 0. The van der Waals surface area contributed by atoms with Crippen molar-refractivity contribution in [2.45, 2.75) is 59.6 Å². The van der Waals surface area contributed by atoms with E-state index in [2.05, 4.69) is 133 Å². The van der Waals surface area contributed by atoms with Crippen LogP contribution < -0.4 is 0 Å². The van der Waals surface area contributed by atoms with Gasteiger partial charge in [-0.2, -0.15) is 0 Å². The molecule has 6 heterocycles. The topological polar surface area (TPSA) is 52.6 Å². The third-order valence-corrected chi connectivity index (χ3v) is 32.9. The number of benzene rings is 20. The molecular weight excluding hydrogens is 1240 g/mol. The normalized spacial score (nSPS) is 25.2. The fourth-order valence-corrected chi connectivity index (χ4v) is 31.6. The van der Waals surface area contributed by atoms with Crippen LogP contribution in [0, 0.1) is 11.8 Å². The Morgan fingerprint density at radius 1 is 0.255 bits per heavy atom. The zero-order valence-electron chi connectivity index (χ0n) is 53.2. The van der Waals surface area contributed by atoms with Crippen LogP contribution in [0.15, 0.2) is 121 Å². The Morgan fingerprint density at radius 2 is 0.471 bits per heavy atom. The molecule has 16 aliphatic rings. The predicted octanol–water partition coefficient (Wildman–Crippen LogP) is 21.9. The quantitative estimate of drug-likeness (QED) is 0.0983. The number of esters is 2. The zero-order valence-corrected chi connectivity index (χ0v) is 53.2. The second-order valence-corrected chi connectivity index (χ2v) is 34.7. The van der Waals surface area contributed by atoms with Crippen molar-refractivity contribution in [1.82, 2.24) is 0 Å². The molecule has 28 aromatic rings. The largest absolute Gasteiger partial charge is 0.456 e. The van der Waals surface area contributed by atoms with Gasteiger partial charge in [-0.3, -0.25) is 9.59 Å². The van der Waals surface area contributed by atoms with E-state index in [1.165, 1.54) is 303 Å².